The van der Waals surface area contributed by atoms with Gasteiger partial charge in [0, 0.05) is 56.9 Å². The molecule has 0 aromatic carbocycles. The highest BCUT2D eigenvalue weighted by Crippen LogP contribution is 2.23. The SMILES string of the molecule is CCCn1ccc(CNC[C@@H](c2ccnn2C)C(C)C)c1. The molecule has 2 aromatic rings. The molecular formula is C17H28N4. The number of rotatable bonds is 8. The molecule has 0 saturated heterocycles. The Kier molecular flexibility index (Phi) is 5.62. The molecule has 0 aliphatic rings. The first-order chi connectivity index (χ1) is 10.1. The van der Waals surface area contributed by atoms with Crippen LogP contribution in [-0.2, 0) is 20.1 Å². The van der Waals surface area contributed by atoms with E-state index in [4.69, 9.17) is 0 Å². The summed E-state index contributed by atoms with van der Waals surface area (Å²) in [6.45, 7) is 9.77. The van der Waals surface area contributed by atoms with Crippen LogP contribution in [0.4, 0.5) is 0 Å². The van der Waals surface area contributed by atoms with E-state index in [1.54, 1.807) is 0 Å². The van der Waals surface area contributed by atoms with Gasteiger partial charge in [0.2, 0.25) is 0 Å². The van der Waals surface area contributed by atoms with Gasteiger partial charge in [-0.2, -0.15) is 5.10 Å². The molecule has 116 valence electrons. The van der Waals surface area contributed by atoms with Crippen molar-refractivity contribution in [3.05, 3.63) is 42.0 Å². The lowest BCUT2D eigenvalue weighted by Crippen LogP contribution is -2.26. The zero-order chi connectivity index (χ0) is 15.2. The molecule has 1 atom stereocenters. The van der Waals surface area contributed by atoms with Crippen LogP contribution in [0.2, 0.25) is 0 Å². The van der Waals surface area contributed by atoms with Crippen molar-refractivity contribution in [2.24, 2.45) is 13.0 Å². The van der Waals surface area contributed by atoms with Gasteiger partial charge in [0.15, 0.2) is 0 Å². The van der Waals surface area contributed by atoms with E-state index in [9.17, 15) is 0 Å². The minimum Gasteiger partial charge on any atom is -0.354 e. The van der Waals surface area contributed by atoms with Crippen LogP contribution in [0.25, 0.3) is 0 Å². The molecule has 1 N–H and O–H groups in total. The third-order valence-corrected chi connectivity index (χ3v) is 4.03. The third kappa shape index (κ3) is 4.21. The highest BCUT2D eigenvalue weighted by atomic mass is 15.3. The second-order valence-corrected chi connectivity index (χ2v) is 6.12. The standard InChI is InChI=1S/C17H28N4/c1-5-9-21-10-7-15(13-21)11-18-12-16(14(2)3)17-6-8-19-20(17)4/h6-8,10,13-14,16,18H,5,9,11-12H2,1-4H3/t16-/m1/s1. The van der Waals surface area contributed by atoms with Crippen LogP contribution in [0.5, 0.6) is 0 Å². The van der Waals surface area contributed by atoms with Crippen molar-refractivity contribution in [2.45, 2.75) is 46.2 Å². The highest BCUT2D eigenvalue weighted by Gasteiger charge is 2.18. The maximum Gasteiger partial charge on any atom is 0.0492 e. The number of aryl methyl sites for hydroxylation is 2. The van der Waals surface area contributed by atoms with Gasteiger partial charge in [-0.1, -0.05) is 20.8 Å². The fourth-order valence-corrected chi connectivity index (χ4v) is 2.79. The number of nitrogens with one attached hydrogen (secondary N) is 1. The average molecular weight is 288 g/mol. The van der Waals surface area contributed by atoms with Crippen LogP contribution in [-0.4, -0.2) is 20.9 Å². The molecule has 0 aliphatic heterocycles. The van der Waals surface area contributed by atoms with Gasteiger partial charge in [0.1, 0.15) is 0 Å². The molecule has 0 amide bonds. The van der Waals surface area contributed by atoms with Gasteiger partial charge in [-0.15, -0.1) is 0 Å². The first-order valence-electron chi connectivity index (χ1n) is 7.95. The third-order valence-electron chi connectivity index (χ3n) is 4.03. The molecule has 2 heterocycles. The second-order valence-electron chi connectivity index (χ2n) is 6.12. The van der Waals surface area contributed by atoms with Crippen molar-refractivity contribution in [3.8, 4) is 0 Å². The summed E-state index contributed by atoms with van der Waals surface area (Å²) in [5.74, 6) is 1.09. The summed E-state index contributed by atoms with van der Waals surface area (Å²) in [6.07, 6.45) is 7.47. The Morgan fingerprint density at radius 2 is 2.10 bits per heavy atom. The Bertz CT molecular complexity index is 538. The molecule has 0 spiro atoms. The molecule has 4 heteroatoms. The minimum atomic E-state index is 0.496. The quantitative estimate of drug-likeness (QED) is 0.809. The predicted octanol–water partition coefficient (Wildman–Crippen LogP) is 3.16. The van der Waals surface area contributed by atoms with Crippen LogP contribution in [0.15, 0.2) is 30.7 Å². The Hall–Kier alpha value is -1.55. The van der Waals surface area contributed by atoms with Gasteiger partial charge >= 0.3 is 0 Å². The Morgan fingerprint density at radius 1 is 1.29 bits per heavy atom. The summed E-state index contributed by atoms with van der Waals surface area (Å²) >= 11 is 0. The largest absolute Gasteiger partial charge is 0.354 e. The summed E-state index contributed by atoms with van der Waals surface area (Å²) < 4.78 is 4.25. The first-order valence-corrected chi connectivity index (χ1v) is 7.95. The maximum absolute atomic E-state index is 4.30. The van der Waals surface area contributed by atoms with Crippen LogP contribution in [0.3, 0.4) is 0 Å². The zero-order valence-electron chi connectivity index (χ0n) is 13.7. The molecule has 4 nitrogen and oxygen atoms in total. The molecule has 0 fully saturated rings. The molecule has 0 aliphatic carbocycles. The van der Waals surface area contributed by atoms with Gasteiger partial charge in [-0.05, 0) is 30.0 Å². The molecule has 0 bridgehead atoms. The molecule has 0 unspecified atom stereocenters. The average Bonchev–Trinajstić information content (AvgIpc) is 3.04. The molecule has 0 saturated carbocycles. The van der Waals surface area contributed by atoms with E-state index < -0.39 is 0 Å². The Morgan fingerprint density at radius 3 is 2.71 bits per heavy atom. The van der Waals surface area contributed by atoms with E-state index in [0.717, 1.165) is 19.6 Å². The normalized spacial score (nSPS) is 13.0. The topological polar surface area (TPSA) is 34.8 Å². The number of aromatic nitrogens is 3. The Labute approximate surface area is 128 Å². The second kappa shape index (κ2) is 7.46. The fraction of sp³-hybridized carbons (Fsp3) is 0.588. The lowest BCUT2D eigenvalue weighted by molar-refractivity contribution is 0.437. The van der Waals surface area contributed by atoms with E-state index in [2.05, 4.69) is 60.3 Å². The summed E-state index contributed by atoms with van der Waals surface area (Å²) in [5.41, 5.74) is 2.66. The first kappa shape index (κ1) is 15.8. The predicted molar refractivity (Wildman–Crippen MR) is 87.2 cm³/mol. The summed E-state index contributed by atoms with van der Waals surface area (Å²) in [4.78, 5) is 0. The van der Waals surface area contributed by atoms with Crippen LogP contribution in [0.1, 0.15) is 44.4 Å². The van der Waals surface area contributed by atoms with E-state index in [-0.39, 0.29) is 0 Å². The van der Waals surface area contributed by atoms with Gasteiger partial charge in [0.25, 0.3) is 0 Å². The minimum absolute atomic E-state index is 0.496. The summed E-state index contributed by atoms with van der Waals surface area (Å²) in [6, 6.07) is 4.33. The smallest absolute Gasteiger partial charge is 0.0492 e. The highest BCUT2D eigenvalue weighted by molar-refractivity contribution is 5.12. The molecule has 2 rings (SSSR count). The lowest BCUT2D eigenvalue weighted by atomic mass is 9.92. The van der Waals surface area contributed by atoms with Crippen LogP contribution < -0.4 is 5.32 Å². The van der Waals surface area contributed by atoms with E-state index in [0.29, 0.717) is 11.8 Å². The summed E-state index contributed by atoms with van der Waals surface area (Å²) in [7, 11) is 2.02. The summed E-state index contributed by atoms with van der Waals surface area (Å²) in [5, 5.41) is 7.90. The Balaban J connectivity index is 1.89. The van der Waals surface area contributed by atoms with Crippen molar-refractivity contribution in [1.82, 2.24) is 19.7 Å². The van der Waals surface area contributed by atoms with Crippen LogP contribution >= 0.6 is 0 Å². The fourth-order valence-electron chi connectivity index (χ4n) is 2.79. The van der Waals surface area contributed by atoms with Gasteiger partial charge < -0.3 is 9.88 Å². The number of hydrogen-bond acceptors (Lipinski definition) is 2. The molecule has 21 heavy (non-hydrogen) atoms. The van der Waals surface area contributed by atoms with Crippen molar-refractivity contribution in [3.63, 3.8) is 0 Å². The zero-order valence-corrected chi connectivity index (χ0v) is 13.7. The van der Waals surface area contributed by atoms with E-state index >= 15 is 0 Å². The van der Waals surface area contributed by atoms with Crippen molar-refractivity contribution >= 4 is 0 Å². The number of nitrogens with zero attached hydrogens (tertiary/aromatic N) is 3. The molecular weight excluding hydrogens is 260 g/mol. The maximum atomic E-state index is 4.30. The van der Waals surface area contributed by atoms with Crippen molar-refractivity contribution in [2.75, 3.05) is 6.54 Å². The van der Waals surface area contributed by atoms with Gasteiger partial charge in [0.05, 0.1) is 0 Å². The van der Waals surface area contributed by atoms with Gasteiger partial charge in [-0.3, -0.25) is 4.68 Å². The van der Waals surface area contributed by atoms with Gasteiger partial charge in [-0.25, -0.2) is 0 Å². The van der Waals surface area contributed by atoms with E-state index in [1.807, 2.05) is 17.9 Å². The van der Waals surface area contributed by atoms with Crippen LogP contribution in [0, 0.1) is 5.92 Å². The lowest BCUT2D eigenvalue weighted by Gasteiger charge is -2.21. The molecule has 0 radical (unpaired) electrons. The van der Waals surface area contributed by atoms with Crippen molar-refractivity contribution in [1.29, 1.82) is 0 Å². The monoisotopic (exact) mass is 288 g/mol. The molecule has 2 aromatic heterocycles. The van der Waals surface area contributed by atoms with E-state index in [1.165, 1.54) is 17.7 Å². The van der Waals surface area contributed by atoms with Crippen molar-refractivity contribution < 1.29 is 0 Å². The number of hydrogen-bond donors (Lipinski definition) is 1.